The monoisotopic (exact) mass is 342 g/mol. The zero-order valence-corrected chi connectivity index (χ0v) is 15.7. The summed E-state index contributed by atoms with van der Waals surface area (Å²) in [6.45, 7) is 8.62. The Morgan fingerprint density at radius 1 is 1.12 bits per heavy atom. The number of likely N-dealkylation sites (tertiary alicyclic amines) is 1. The summed E-state index contributed by atoms with van der Waals surface area (Å²) in [6, 6.07) is 8.59. The van der Waals surface area contributed by atoms with E-state index in [4.69, 9.17) is 4.98 Å². The first-order valence-electron chi connectivity index (χ1n) is 9.56. The molecule has 5 nitrogen and oxygen atoms in total. The number of amides is 1. The molecule has 1 amide bonds. The second-order valence-corrected chi connectivity index (χ2v) is 7.32. The van der Waals surface area contributed by atoms with Gasteiger partial charge in [-0.1, -0.05) is 25.0 Å². The number of para-hydroxylation sites is 2. The lowest BCUT2D eigenvalue weighted by molar-refractivity contribution is -0.130. The molecule has 2 aromatic rings. The van der Waals surface area contributed by atoms with Gasteiger partial charge in [0.15, 0.2) is 0 Å². The normalized spacial score (nSPS) is 17.0. The molecule has 3 rings (SSSR count). The summed E-state index contributed by atoms with van der Waals surface area (Å²) in [5.74, 6) is 1.21. The number of nitrogens with one attached hydrogen (secondary N) is 1. The van der Waals surface area contributed by atoms with Crippen molar-refractivity contribution < 1.29 is 4.79 Å². The summed E-state index contributed by atoms with van der Waals surface area (Å²) in [7, 11) is 0. The Kier molecular flexibility index (Phi) is 5.74. The molecule has 1 unspecified atom stereocenters. The van der Waals surface area contributed by atoms with Crippen molar-refractivity contribution in [2.45, 2.75) is 58.5 Å². The van der Waals surface area contributed by atoms with Crippen LogP contribution in [0.3, 0.4) is 0 Å². The SMILES string of the molecule is CC(NCC(=O)N1CCCCCC1)c1nc2ccccc2n1C(C)C. The molecule has 1 atom stereocenters. The molecule has 1 aliphatic heterocycles. The van der Waals surface area contributed by atoms with Gasteiger partial charge in [0.2, 0.25) is 5.91 Å². The Bertz CT molecular complexity index is 714. The minimum absolute atomic E-state index is 0.0331. The summed E-state index contributed by atoms with van der Waals surface area (Å²) in [6.07, 6.45) is 4.74. The molecule has 1 N–H and O–H groups in total. The second-order valence-electron chi connectivity index (χ2n) is 7.32. The van der Waals surface area contributed by atoms with Gasteiger partial charge in [-0.25, -0.2) is 4.98 Å². The van der Waals surface area contributed by atoms with Gasteiger partial charge < -0.3 is 9.47 Å². The molecule has 0 bridgehead atoms. The van der Waals surface area contributed by atoms with Crippen LogP contribution < -0.4 is 5.32 Å². The Morgan fingerprint density at radius 2 is 1.80 bits per heavy atom. The zero-order valence-electron chi connectivity index (χ0n) is 15.7. The number of benzene rings is 1. The van der Waals surface area contributed by atoms with Crippen LogP contribution in [0, 0.1) is 0 Å². The number of hydrogen-bond acceptors (Lipinski definition) is 3. The second kappa shape index (κ2) is 8.00. The standard InChI is InChI=1S/C20H30N4O/c1-15(2)24-18-11-7-6-10-17(18)22-20(24)16(3)21-14-19(25)23-12-8-4-5-9-13-23/h6-7,10-11,15-16,21H,4-5,8-9,12-14H2,1-3H3. The molecular weight excluding hydrogens is 312 g/mol. The molecule has 1 fully saturated rings. The summed E-state index contributed by atoms with van der Waals surface area (Å²) in [5, 5.41) is 3.40. The van der Waals surface area contributed by atoms with Gasteiger partial charge in [0.05, 0.1) is 23.6 Å². The maximum absolute atomic E-state index is 12.5. The number of carbonyl (C=O) groups is 1. The molecule has 1 aromatic heterocycles. The van der Waals surface area contributed by atoms with Crippen LogP contribution in [0.25, 0.3) is 11.0 Å². The predicted octanol–water partition coefficient (Wildman–Crippen LogP) is 3.67. The van der Waals surface area contributed by atoms with Gasteiger partial charge in [0, 0.05) is 19.1 Å². The lowest BCUT2D eigenvalue weighted by atomic mass is 10.2. The molecule has 2 heterocycles. The number of rotatable bonds is 5. The van der Waals surface area contributed by atoms with E-state index in [1.165, 1.54) is 12.8 Å². The van der Waals surface area contributed by atoms with Gasteiger partial charge in [-0.05, 0) is 45.7 Å². The van der Waals surface area contributed by atoms with Crippen molar-refractivity contribution in [1.82, 2.24) is 19.8 Å². The third kappa shape index (κ3) is 4.03. The van der Waals surface area contributed by atoms with E-state index < -0.39 is 0 Å². The van der Waals surface area contributed by atoms with Crippen molar-refractivity contribution in [3.63, 3.8) is 0 Å². The van der Waals surface area contributed by atoms with Crippen LogP contribution in [0.1, 0.15) is 64.4 Å². The van der Waals surface area contributed by atoms with Crippen molar-refractivity contribution in [3.05, 3.63) is 30.1 Å². The van der Waals surface area contributed by atoms with E-state index in [1.807, 2.05) is 23.1 Å². The maximum atomic E-state index is 12.5. The largest absolute Gasteiger partial charge is 0.342 e. The molecule has 1 aromatic carbocycles. The fourth-order valence-electron chi connectivity index (χ4n) is 3.67. The van der Waals surface area contributed by atoms with Crippen molar-refractivity contribution in [3.8, 4) is 0 Å². The van der Waals surface area contributed by atoms with E-state index in [1.54, 1.807) is 0 Å². The molecule has 5 heteroatoms. The van der Waals surface area contributed by atoms with Crippen LogP contribution >= 0.6 is 0 Å². The van der Waals surface area contributed by atoms with Crippen molar-refractivity contribution >= 4 is 16.9 Å². The third-order valence-electron chi connectivity index (χ3n) is 5.05. The van der Waals surface area contributed by atoms with Crippen LogP contribution in [-0.4, -0.2) is 40.0 Å². The van der Waals surface area contributed by atoms with Crippen molar-refractivity contribution in [2.24, 2.45) is 0 Å². The fourth-order valence-corrected chi connectivity index (χ4v) is 3.67. The molecule has 1 saturated heterocycles. The average molecular weight is 342 g/mol. The number of carbonyl (C=O) groups excluding carboxylic acids is 1. The van der Waals surface area contributed by atoms with Gasteiger partial charge in [0.25, 0.3) is 0 Å². The zero-order chi connectivity index (χ0) is 17.8. The van der Waals surface area contributed by atoms with Gasteiger partial charge in [-0.3, -0.25) is 10.1 Å². The van der Waals surface area contributed by atoms with Gasteiger partial charge in [-0.15, -0.1) is 0 Å². The smallest absolute Gasteiger partial charge is 0.236 e. The quantitative estimate of drug-likeness (QED) is 0.902. The van der Waals surface area contributed by atoms with E-state index >= 15 is 0 Å². The lowest BCUT2D eigenvalue weighted by Crippen LogP contribution is -2.39. The molecule has 0 saturated carbocycles. The first-order valence-corrected chi connectivity index (χ1v) is 9.56. The Labute approximate surface area is 150 Å². The topological polar surface area (TPSA) is 50.2 Å². The van der Waals surface area contributed by atoms with E-state index in [9.17, 15) is 4.79 Å². The number of nitrogens with zero attached hydrogens (tertiary/aromatic N) is 3. The summed E-state index contributed by atoms with van der Waals surface area (Å²) < 4.78 is 2.27. The highest BCUT2D eigenvalue weighted by atomic mass is 16.2. The van der Waals surface area contributed by atoms with Crippen LogP contribution in [0.4, 0.5) is 0 Å². The Morgan fingerprint density at radius 3 is 2.48 bits per heavy atom. The van der Waals surface area contributed by atoms with E-state index in [0.29, 0.717) is 12.6 Å². The molecule has 0 aliphatic carbocycles. The van der Waals surface area contributed by atoms with Gasteiger partial charge in [-0.2, -0.15) is 0 Å². The van der Waals surface area contributed by atoms with E-state index in [-0.39, 0.29) is 11.9 Å². The fraction of sp³-hybridized carbons (Fsp3) is 0.600. The van der Waals surface area contributed by atoms with Crippen LogP contribution in [0.2, 0.25) is 0 Å². The number of aromatic nitrogens is 2. The Balaban J connectivity index is 1.70. The molecule has 1 aliphatic rings. The predicted molar refractivity (Wildman–Crippen MR) is 102 cm³/mol. The number of imidazole rings is 1. The van der Waals surface area contributed by atoms with Crippen molar-refractivity contribution in [2.75, 3.05) is 19.6 Å². The molecule has 0 spiro atoms. The van der Waals surface area contributed by atoms with Crippen molar-refractivity contribution in [1.29, 1.82) is 0 Å². The molecule has 25 heavy (non-hydrogen) atoms. The highest BCUT2D eigenvalue weighted by Gasteiger charge is 2.20. The van der Waals surface area contributed by atoms with E-state index in [0.717, 1.165) is 42.8 Å². The first-order chi connectivity index (χ1) is 12.1. The van der Waals surface area contributed by atoms with Crippen LogP contribution in [-0.2, 0) is 4.79 Å². The summed E-state index contributed by atoms with van der Waals surface area (Å²) in [4.78, 5) is 19.3. The first kappa shape index (κ1) is 17.9. The minimum Gasteiger partial charge on any atom is -0.342 e. The maximum Gasteiger partial charge on any atom is 0.236 e. The number of hydrogen-bond donors (Lipinski definition) is 1. The van der Waals surface area contributed by atoms with Crippen LogP contribution in [0.15, 0.2) is 24.3 Å². The molecular formula is C20H30N4O. The minimum atomic E-state index is 0.0331. The van der Waals surface area contributed by atoms with Crippen LogP contribution in [0.5, 0.6) is 0 Å². The highest BCUT2D eigenvalue weighted by molar-refractivity contribution is 5.78. The Hall–Kier alpha value is -1.88. The number of fused-ring (bicyclic) bond motifs is 1. The average Bonchev–Trinajstić information content (AvgIpc) is 2.79. The van der Waals surface area contributed by atoms with E-state index in [2.05, 4.69) is 36.7 Å². The van der Waals surface area contributed by atoms with Gasteiger partial charge >= 0.3 is 0 Å². The molecule has 0 radical (unpaired) electrons. The summed E-state index contributed by atoms with van der Waals surface area (Å²) >= 11 is 0. The highest BCUT2D eigenvalue weighted by Crippen LogP contribution is 2.24. The molecule has 136 valence electrons. The lowest BCUT2D eigenvalue weighted by Gasteiger charge is -2.23. The van der Waals surface area contributed by atoms with Gasteiger partial charge in [0.1, 0.15) is 5.82 Å². The summed E-state index contributed by atoms with van der Waals surface area (Å²) in [5.41, 5.74) is 2.17. The third-order valence-corrected chi connectivity index (χ3v) is 5.05.